The first-order valence-electron chi connectivity index (χ1n) is 6.51. The highest BCUT2D eigenvalue weighted by Crippen LogP contribution is 2.20. The predicted octanol–water partition coefficient (Wildman–Crippen LogP) is 1.34. The Bertz CT molecular complexity index is 525. The zero-order valence-electron chi connectivity index (χ0n) is 11.0. The van der Waals surface area contributed by atoms with E-state index in [9.17, 15) is 0 Å². The lowest BCUT2D eigenvalue weighted by Crippen LogP contribution is -2.30. The minimum Gasteiger partial charge on any atom is -0.339 e. The molecule has 5 heteroatoms. The Morgan fingerprint density at radius 2 is 1.89 bits per heavy atom. The molecule has 0 aromatic carbocycles. The van der Waals surface area contributed by atoms with Crippen molar-refractivity contribution < 1.29 is 0 Å². The van der Waals surface area contributed by atoms with Crippen LogP contribution in [0, 0.1) is 0 Å². The summed E-state index contributed by atoms with van der Waals surface area (Å²) in [5.74, 6) is 0.815. The van der Waals surface area contributed by atoms with Gasteiger partial charge in [0.25, 0.3) is 0 Å². The van der Waals surface area contributed by atoms with E-state index in [0.29, 0.717) is 6.04 Å². The quantitative estimate of drug-likeness (QED) is 0.897. The van der Waals surface area contributed by atoms with Gasteiger partial charge in [-0.25, -0.2) is 9.97 Å². The maximum atomic E-state index is 4.47. The van der Waals surface area contributed by atoms with Gasteiger partial charge in [-0.05, 0) is 31.2 Å². The van der Waals surface area contributed by atoms with Crippen LogP contribution in [-0.4, -0.2) is 41.1 Å². The van der Waals surface area contributed by atoms with Gasteiger partial charge in [0.1, 0.15) is 0 Å². The molecule has 2 aromatic heterocycles. The largest absolute Gasteiger partial charge is 0.339 e. The van der Waals surface area contributed by atoms with Gasteiger partial charge in [-0.15, -0.1) is 0 Å². The minimum absolute atomic E-state index is 0.545. The number of likely N-dealkylation sites (N-methyl/N-ethyl adjacent to an activating group) is 1. The molecule has 1 unspecified atom stereocenters. The van der Waals surface area contributed by atoms with Crippen LogP contribution in [0.2, 0.25) is 0 Å². The van der Waals surface area contributed by atoms with E-state index in [-0.39, 0.29) is 0 Å². The molecule has 3 heterocycles. The van der Waals surface area contributed by atoms with Gasteiger partial charge in [0.15, 0.2) is 0 Å². The summed E-state index contributed by atoms with van der Waals surface area (Å²) in [7, 11) is 2.00. The highest BCUT2D eigenvalue weighted by Gasteiger charge is 2.22. The number of aromatic nitrogens is 3. The minimum atomic E-state index is 0.545. The summed E-state index contributed by atoms with van der Waals surface area (Å²) in [6.45, 7) is 1.99. The van der Waals surface area contributed by atoms with Gasteiger partial charge >= 0.3 is 0 Å². The molecule has 1 saturated heterocycles. The van der Waals surface area contributed by atoms with E-state index in [4.69, 9.17) is 0 Å². The molecule has 98 valence electrons. The number of nitrogens with one attached hydrogen (secondary N) is 1. The Morgan fingerprint density at radius 1 is 1.16 bits per heavy atom. The number of anilines is 1. The van der Waals surface area contributed by atoms with Crippen molar-refractivity contribution in [3.8, 4) is 11.1 Å². The first-order valence-corrected chi connectivity index (χ1v) is 6.51. The Balaban J connectivity index is 1.76. The van der Waals surface area contributed by atoms with Crippen molar-refractivity contribution in [1.29, 1.82) is 0 Å². The van der Waals surface area contributed by atoms with Crippen molar-refractivity contribution >= 4 is 5.95 Å². The molecule has 5 nitrogen and oxygen atoms in total. The van der Waals surface area contributed by atoms with Crippen molar-refractivity contribution in [3.63, 3.8) is 0 Å². The number of pyridine rings is 1. The maximum absolute atomic E-state index is 4.47. The molecule has 3 rings (SSSR count). The zero-order chi connectivity index (χ0) is 13.1. The molecular formula is C14H17N5. The maximum Gasteiger partial charge on any atom is 0.225 e. The molecule has 0 radical (unpaired) electrons. The fourth-order valence-corrected chi connectivity index (χ4v) is 2.36. The van der Waals surface area contributed by atoms with Crippen LogP contribution in [0.1, 0.15) is 6.42 Å². The summed E-state index contributed by atoms with van der Waals surface area (Å²) in [6, 6.07) is 4.47. The van der Waals surface area contributed by atoms with Crippen LogP contribution in [0.15, 0.2) is 36.9 Å². The van der Waals surface area contributed by atoms with Crippen LogP contribution in [0.4, 0.5) is 5.95 Å². The Hall–Kier alpha value is -2.01. The number of nitrogens with zero attached hydrogens (tertiary/aromatic N) is 4. The van der Waals surface area contributed by atoms with Gasteiger partial charge in [-0.2, -0.15) is 0 Å². The lowest BCUT2D eigenvalue weighted by atomic mass is 10.1. The van der Waals surface area contributed by atoms with Gasteiger partial charge in [0, 0.05) is 49.5 Å². The molecule has 0 aliphatic carbocycles. The number of rotatable bonds is 3. The average molecular weight is 255 g/mol. The van der Waals surface area contributed by atoms with Gasteiger partial charge in [-0.3, -0.25) is 4.98 Å². The molecule has 0 spiro atoms. The smallest absolute Gasteiger partial charge is 0.225 e. The summed E-state index contributed by atoms with van der Waals surface area (Å²) >= 11 is 0. The molecule has 0 bridgehead atoms. The second-order valence-electron chi connectivity index (χ2n) is 4.73. The Kier molecular flexibility index (Phi) is 3.37. The summed E-state index contributed by atoms with van der Waals surface area (Å²) in [4.78, 5) is 15.2. The van der Waals surface area contributed by atoms with Crippen molar-refractivity contribution in [2.75, 3.05) is 25.0 Å². The molecule has 0 saturated carbocycles. The van der Waals surface area contributed by atoms with Crippen molar-refractivity contribution in [1.82, 2.24) is 20.3 Å². The SMILES string of the molecule is CNC1CCN(c2ncc(-c3ccncc3)cn2)C1. The van der Waals surface area contributed by atoms with Gasteiger partial charge in [0.05, 0.1) is 0 Å². The van der Waals surface area contributed by atoms with Gasteiger partial charge in [-0.1, -0.05) is 0 Å². The van der Waals surface area contributed by atoms with E-state index in [2.05, 4.69) is 25.2 Å². The van der Waals surface area contributed by atoms with Crippen molar-refractivity contribution in [3.05, 3.63) is 36.9 Å². The predicted molar refractivity (Wildman–Crippen MR) is 74.9 cm³/mol. The summed E-state index contributed by atoms with van der Waals surface area (Å²) < 4.78 is 0. The first kappa shape index (κ1) is 12.0. The van der Waals surface area contributed by atoms with Crippen LogP contribution in [0.25, 0.3) is 11.1 Å². The first-order chi connectivity index (χ1) is 9.36. The highest BCUT2D eigenvalue weighted by atomic mass is 15.3. The van der Waals surface area contributed by atoms with Crippen LogP contribution in [-0.2, 0) is 0 Å². The van der Waals surface area contributed by atoms with E-state index in [1.165, 1.54) is 0 Å². The van der Waals surface area contributed by atoms with E-state index in [1.807, 2.05) is 31.6 Å². The summed E-state index contributed by atoms with van der Waals surface area (Å²) in [5, 5.41) is 3.30. The standard InChI is InChI=1S/C14H17N5/c1-15-13-4-7-19(10-13)14-17-8-12(9-18-14)11-2-5-16-6-3-11/h2-3,5-6,8-9,13,15H,4,7,10H2,1H3. The molecule has 0 amide bonds. The van der Waals surface area contributed by atoms with Crippen LogP contribution in [0.3, 0.4) is 0 Å². The van der Waals surface area contributed by atoms with Crippen molar-refractivity contribution in [2.45, 2.75) is 12.5 Å². The highest BCUT2D eigenvalue weighted by molar-refractivity contribution is 5.61. The molecule has 1 fully saturated rings. The summed E-state index contributed by atoms with van der Waals surface area (Å²) in [5.41, 5.74) is 2.12. The second kappa shape index (κ2) is 5.32. The monoisotopic (exact) mass is 255 g/mol. The molecule has 1 aliphatic rings. The van der Waals surface area contributed by atoms with Gasteiger partial charge < -0.3 is 10.2 Å². The van der Waals surface area contributed by atoms with Crippen LogP contribution < -0.4 is 10.2 Å². The molecular weight excluding hydrogens is 238 g/mol. The third-order valence-electron chi connectivity index (χ3n) is 3.53. The normalized spacial score (nSPS) is 18.8. The van der Waals surface area contributed by atoms with Gasteiger partial charge in [0.2, 0.25) is 5.95 Å². The molecule has 2 aromatic rings. The van der Waals surface area contributed by atoms with E-state index >= 15 is 0 Å². The fraction of sp³-hybridized carbons (Fsp3) is 0.357. The lowest BCUT2D eigenvalue weighted by Gasteiger charge is -2.16. The molecule has 1 aliphatic heterocycles. The lowest BCUT2D eigenvalue weighted by molar-refractivity contribution is 0.616. The molecule has 19 heavy (non-hydrogen) atoms. The molecule has 1 atom stereocenters. The zero-order valence-corrected chi connectivity index (χ0v) is 11.0. The van der Waals surface area contributed by atoms with E-state index in [1.54, 1.807) is 12.4 Å². The third kappa shape index (κ3) is 2.56. The number of hydrogen-bond donors (Lipinski definition) is 1. The van der Waals surface area contributed by atoms with E-state index in [0.717, 1.165) is 36.6 Å². The molecule has 1 N–H and O–H groups in total. The third-order valence-corrected chi connectivity index (χ3v) is 3.53. The second-order valence-corrected chi connectivity index (χ2v) is 4.73. The number of hydrogen-bond acceptors (Lipinski definition) is 5. The summed E-state index contributed by atoms with van der Waals surface area (Å²) in [6.07, 6.45) is 8.46. The topological polar surface area (TPSA) is 53.9 Å². The Labute approximate surface area is 112 Å². The van der Waals surface area contributed by atoms with E-state index < -0.39 is 0 Å². The van der Waals surface area contributed by atoms with Crippen LogP contribution in [0.5, 0.6) is 0 Å². The Morgan fingerprint density at radius 3 is 2.53 bits per heavy atom. The van der Waals surface area contributed by atoms with Crippen molar-refractivity contribution in [2.24, 2.45) is 0 Å². The average Bonchev–Trinajstić information content (AvgIpc) is 2.97. The van der Waals surface area contributed by atoms with Crippen LogP contribution >= 0.6 is 0 Å². The fourth-order valence-electron chi connectivity index (χ4n) is 2.36.